The maximum Gasteiger partial charge on any atom is 0.0696 e. The lowest BCUT2D eigenvalue weighted by Crippen LogP contribution is -1.96. The van der Waals surface area contributed by atoms with Crippen LogP contribution in [-0.2, 0) is 9.47 Å². The van der Waals surface area contributed by atoms with Crippen molar-refractivity contribution in [3.63, 3.8) is 0 Å². The highest BCUT2D eigenvalue weighted by molar-refractivity contribution is 4.17. The Balaban J connectivity index is 0. The van der Waals surface area contributed by atoms with Gasteiger partial charge in [0, 0.05) is 14.2 Å². The van der Waals surface area contributed by atoms with Crippen molar-refractivity contribution in [1.29, 1.82) is 0 Å². The largest absolute Gasteiger partial charge is 0.382 e. The SMILES string of the molecule is CN.COCCOC. The van der Waals surface area contributed by atoms with E-state index in [4.69, 9.17) is 0 Å². The van der Waals surface area contributed by atoms with Crippen molar-refractivity contribution in [3.05, 3.63) is 0 Å². The summed E-state index contributed by atoms with van der Waals surface area (Å²) in [5, 5.41) is 0. The molecule has 0 aliphatic rings. The summed E-state index contributed by atoms with van der Waals surface area (Å²) in [5.74, 6) is 0. The van der Waals surface area contributed by atoms with Gasteiger partial charge in [-0.3, -0.25) is 0 Å². The van der Waals surface area contributed by atoms with Crippen LogP contribution in [0.25, 0.3) is 0 Å². The molecule has 3 nitrogen and oxygen atoms in total. The zero-order valence-electron chi connectivity index (χ0n) is 5.81. The first-order valence-corrected chi connectivity index (χ1v) is 2.47. The van der Waals surface area contributed by atoms with Crippen molar-refractivity contribution in [2.24, 2.45) is 5.73 Å². The summed E-state index contributed by atoms with van der Waals surface area (Å²) < 4.78 is 9.31. The summed E-state index contributed by atoms with van der Waals surface area (Å²) >= 11 is 0. The maximum atomic E-state index is 4.66. The Bertz CT molecular complexity index is 22.4. The third-order valence-electron chi connectivity index (χ3n) is 0.492. The number of nitrogens with two attached hydrogens (primary N) is 1. The van der Waals surface area contributed by atoms with E-state index >= 15 is 0 Å². The molecule has 0 unspecified atom stereocenters. The fraction of sp³-hybridized carbons (Fsp3) is 1.00. The van der Waals surface area contributed by atoms with Gasteiger partial charge in [0.05, 0.1) is 13.2 Å². The molecule has 0 aromatic carbocycles. The van der Waals surface area contributed by atoms with Crippen LogP contribution < -0.4 is 5.73 Å². The highest BCUT2D eigenvalue weighted by atomic mass is 16.5. The fourth-order valence-electron chi connectivity index (χ4n) is 0.167. The Labute approximate surface area is 50.8 Å². The minimum atomic E-state index is 0.691. The first kappa shape index (κ1) is 10.8. The Kier molecular flexibility index (Phi) is 21.3. The third-order valence-corrected chi connectivity index (χ3v) is 0.492. The van der Waals surface area contributed by atoms with E-state index in [1.807, 2.05) is 0 Å². The van der Waals surface area contributed by atoms with Gasteiger partial charge in [-0.2, -0.15) is 0 Å². The summed E-state index contributed by atoms with van der Waals surface area (Å²) in [6.45, 7) is 1.38. The van der Waals surface area contributed by atoms with Gasteiger partial charge < -0.3 is 15.2 Å². The molecule has 0 aromatic heterocycles. The van der Waals surface area contributed by atoms with Crippen molar-refractivity contribution < 1.29 is 9.47 Å². The number of hydrogen-bond acceptors (Lipinski definition) is 3. The lowest BCUT2D eigenvalue weighted by Gasteiger charge is -1.91. The van der Waals surface area contributed by atoms with E-state index in [-0.39, 0.29) is 0 Å². The van der Waals surface area contributed by atoms with Crippen LogP contribution in [0, 0.1) is 0 Å². The standard InChI is InChI=1S/C4H10O2.CH5N/c1-5-3-4-6-2;1-2/h3-4H2,1-2H3;2H2,1H3. The Morgan fingerprint density at radius 1 is 1.00 bits per heavy atom. The van der Waals surface area contributed by atoms with E-state index in [2.05, 4.69) is 15.2 Å². The molecule has 0 heterocycles. The third kappa shape index (κ3) is 16.9. The van der Waals surface area contributed by atoms with Gasteiger partial charge in [-0.15, -0.1) is 0 Å². The summed E-state index contributed by atoms with van der Waals surface area (Å²) in [6.07, 6.45) is 0. The lowest BCUT2D eigenvalue weighted by atomic mass is 10.8. The smallest absolute Gasteiger partial charge is 0.0696 e. The van der Waals surface area contributed by atoms with Gasteiger partial charge in [0.25, 0.3) is 0 Å². The second kappa shape index (κ2) is 15.8. The molecule has 52 valence electrons. The molecule has 0 rings (SSSR count). The van der Waals surface area contributed by atoms with Gasteiger partial charge >= 0.3 is 0 Å². The molecular formula is C5H15NO2. The van der Waals surface area contributed by atoms with Crippen LogP contribution in [0.3, 0.4) is 0 Å². The molecule has 8 heavy (non-hydrogen) atoms. The van der Waals surface area contributed by atoms with Crippen molar-refractivity contribution in [3.8, 4) is 0 Å². The fourth-order valence-corrected chi connectivity index (χ4v) is 0.167. The monoisotopic (exact) mass is 121 g/mol. The average Bonchev–Trinajstić information content (AvgIpc) is 1.88. The number of methoxy groups -OCH3 is 2. The van der Waals surface area contributed by atoms with E-state index in [1.54, 1.807) is 14.2 Å². The number of hydrogen-bond donors (Lipinski definition) is 1. The maximum absolute atomic E-state index is 4.66. The van der Waals surface area contributed by atoms with Crippen LogP contribution in [0.2, 0.25) is 0 Å². The first-order valence-electron chi connectivity index (χ1n) is 2.47. The molecule has 0 spiro atoms. The highest BCUT2D eigenvalue weighted by Crippen LogP contribution is 1.65. The van der Waals surface area contributed by atoms with Gasteiger partial charge in [0.1, 0.15) is 0 Å². The predicted octanol–water partition coefficient (Wildman–Crippen LogP) is -0.146. The van der Waals surface area contributed by atoms with Crippen molar-refractivity contribution >= 4 is 0 Å². The van der Waals surface area contributed by atoms with Crippen LogP contribution in [0.1, 0.15) is 0 Å². The van der Waals surface area contributed by atoms with Crippen LogP contribution in [0.4, 0.5) is 0 Å². The quantitative estimate of drug-likeness (QED) is 0.528. The molecule has 0 fully saturated rings. The summed E-state index contributed by atoms with van der Waals surface area (Å²) in [5.41, 5.74) is 4.50. The molecule has 3 heteroatoms. The van der Waals surface area contributed by atoms with Gasteiger partial charge in [0.15, 0.2) is 0 Å². The minimum Gasteiger partial charge on any atom is -0.382 e. The zero-order chi connectivity index (χ0) is 6.83. The topological polar surface area (TPSA) is 44.5 Å². The highest BCUT2D eigenvalue weighted by Gasteiger charge is 1.73. The van der Waals surface area contributed by atoms with E-state index in [0.717, 1.165) is 0 Å². The molecule has 0 saturated carbocycles. The number of rotatable bonds is 3. The first-order chi connectivity index (χ1) is 3.91. The molecule has 0 aliphatic carbocycles. The minimum absolute atomic E-state index is 0.691. The van der Waals surface area contributed by atoms with Crippen molar-refractivity contribution in [2.75, 3.05) is 34.5 Å². The normalized spacial score (nSPS) is 7.50. The van der Waals surface area contributed by atoms with Crippen LogP contribution in [0.5, 0.6) is 0 Å². The Morgan fingerprint density at radius 2 is 1.25 bits per heavy atom. The second-order valence-electron chi connectivity index (χ2n) is 0.986. The molecule has 0 amide bonds. The average molecular weight is 121 g/mol. The van der Waals surface area contributed by atoms with Crippen molar-refractivity contribution in [2.45, 2.75) is 0 Å². The molecule has 0 aliphatic heterocycles. The molecule has 2 N–H and O–H groups in total. The molecule has 0 aromatic rings. The lowest BCUT2D eigenvalue weighted by molar-refractivity contribution is 0.103. The van der Waals surface area contributed by atoms with E-state index in [0.29, 0.717) is 13.2 Å². The van der Waals surface area contributed by atoms with E-state index in [1.165, 1.54) is 7.05 Å². The Morgan fingerprint density at radius 3 is 1.38 bits per heavy atom. The van der Waals surface area contributed by atoms with Crippen LogP contribution >= 0.6 is 0 Å². The number of ether oxygens (including phenoxy) is 2. The van der Waals surface area contributed by atoms with Crippen molar-refractivity contribution in [1.82, 2.24) is 0 Å². The molecule has 0 radical (unpaired) electrons. The van der Waals surface area contributed by atoms with Gasteiger partial charge in [-0.25, -0.2) is 0 Å². The van der Waals surface area contributed by atoms with Gasteiger partial charge in [-0.05, 0) is 7.05 Å². The van der Waals surface area contributed by atoms with Gasteiger partial charge in [-0.1, -0.05) is 0 Å². The van der Waals surface area contributed by atoms with Crippen LogP contribution in [-0.4, -0.2) is 34.5 Å². The summed E-state index contributed by atoms with van der Waals surface area (Å²) in [6, 6.07) is 0. The predicted molar refractivity (Wildman–Crippen MR) is 33.9 cm³/mol. The van der Waals surface area contributed by atoms with Crippen LogP contribution in [0.15, 0.2) is 0 Å². The molecular weight excluding hydrogens is 106 g/mol. The molecule has 0 saturated heterocycles. The summed E-state index contributed by atoms with van der Waals surface area (Å²) in [4.78, 5) is 0. The van der Waals surface area contributed by atoms with E-state index in [9.17, 15) is 0 Å². The van der Waals surface area contributed by atoms with Gasteiger partial charge in [0.2, 0.25) is 0 Å². The second-order valence-corrected chi connectivity index (χ2v) is 0.986. The Hall–Kier alpha value is -0.120. The molecule has 0 atom stereocenters. The van der Waals surface area contributed by atoms with E-state index < -0.39 is 0 Å². The zero-order valence-corrected chi connectivity index (χ0v) is 5.81. The summed E-state index contributed by atoms with van der Waals surface area (Å²) in [7, 11) is 4.80. The molecule has 0 bridgehead atoms.